The van der Waals surface area contributed by atoms with Crippen LogP contribution in [0.2, 0.25) is 0 Å². The number of imidazole rings is 1. The third-order valence-corrected chi connectivity index (χ3v) is 4.49. The topological polar surface area (TPSA) is 67.6 Å². The van der Waals surface area contributed by atoms with Gasteiger partial charge in [-0.15, -0.1) is 10.2 Å². The van der Waals surface area contributed by atoms with Gasteiger partial charge in [-0.1, -0.05) is 48.0 Å². The van der Waals surface area contributed by atoms with Crippen LogP contribution in [0.15, 0.2) is 77.2 Å². The molecule has 0 aliphatic heterocycles. The first-order valence-electron chi connectivity index (χ1n) is 8.73. The highest BCUT2D eigenvalue weighted by Crippen LogP contribution is 2.32. The second-order valence-corrected chi connectivity index (χ2v) is 6.43. The predicted molar refractivity (Wildman–Crippen MR) is 105 cm³/mol. The summed E-state index contributed by atoms with van der Waals surface area (Å²) >= 11 is 0. The van der Waals surface area contributed by atoms with E-state index in [1.54, 1.807) is 0 Å². The van der Waals surface area contributed by atoms with Crippen molar-refractivity contribution in [3.05, 3.63) is 78.4 Å². The van der Waals surface area contributed by atoms with E-state index in [0.717, 1.165) is 39.1 Å². The van der Waals surface area contributed by atoms with Crippen molar-refractivity contribution in [3.63, 3.8) is 0 Å². The number of hydrogen-bond acceptors (Lipinski definition) is 4. The number of H-pyrrole nitrogens is 1. The van der Waals surface area contributed by atoms with Crippen molar-refractivity contribution in [3.8, 4) is 34.3 Å². The molecule has 0 amide bonds. The number of nitrogens with zero attached hydrogens (tertiary/aromatic N) is 3. The minimum absolute atomic E-state index is 0.475. The molecule has 2 heterocycles. The van der Waals surface area contributed by atoms with Gasteiger partial charge >= 0.3 is 0 Å². The fraction of sp³-hybridized carbons (Fsp3) is 0.0455. The molecule has 27 heavy (non-hydrogen) atoms. The highest BCUT2D eigenvalue weighted by Gasteiger charge is 2.16. The summed E-state index contributed by atoms with van der Waals surface area (Å²) in [5.74, 6) is 1.76. The van der Waals surface area contributed by atoms with Crippen molar-refractivity contribution >= 4 is 11.0 Å². The van der Waals surface area contributed by atoms with Crippen LogP contribution in [0.5, 0.6) is 0 Å². The number of benzene rings is 3. The molecular weight excluding hydrogens is 336 g/mol. The molecule has 3 aromatic carbocycles. The van der Waals surface area contributed by atoms with E-state index in [1.165, 1.54) is 0 Å². The summed E-state index contributed by atoms with van der Waals surface area (Å²) in [6, 6.07) is 23.9. The molecule has 5 nitrogen and oxygen atoms in total. The zero-order chi connectivity index (χ0) is 18.2. The van der Waals surface area contributed by atoms with E-state index < -0.39 is 0 Å². The zero-order valence-electron chi connectivity index (χ0n) is 14.7. The summed E-state index contributed by atoms with van der Waals surface area (Å²) in [4.78, 5) is 8.07. The van der Waals surface area contributed by atoms with Gasteiger partial charge in [0.2, 0.25) is 11.8 Å². The molecule has 0 fully saturated rings. The third-order valence-electron chi connectivity index (χ3n) is 4.49. The molecule has 0 unspecified atom stereocenters. The molecule has 0 aliphatic carbocycles. The maximum Gasteiger partial charge on any atom is 0.248 e. The van der Waals surface area contributed by atoms with Crippen LogP contribution in [0.3, 0.4) is 0 Å². The quantitative estimate of drug-likeness (QED) is 0.481. The van der Waals surface area contributed by atoms with Crippen LogP contribution >= 0.6 is 0 Å². The molecule has 0 saturated carbocycles. The molecule has 0 aliphatic rings. The summed E-state index contributed by atoms with van der Waals surface area (Å²) in [5.41, 5.74) is 5.75. The van der Waals surface area contributed by atoms with Gasteiger partial charge in [0.25, 0.3) is 0 Å². The van der Waals surface area contributed by atoms with Crippen molar-refractivity contribution in [2.24, 2.45) is 0 Å². The van der Waals surface area contributed by atoms with Gasteiger partial charge in [-0.05, 0) is 37.3 Å². The fourth-order valence-electron chi connectivity index (χ4n) is 3.18. The zero-order valence-corrected chi connectivity index (χ0v) is 14.7. The fourth-order valence-corrected chi connectivity index (χ4v) is 3.18. The summed E-state index contributed by atoms with van der Waals surface area (Å²) < 4.78 is 5.98. The van der Waals surface area contributed by atoms with E-state index in [-0.39, 0.29) is 0 Å². The van der Waals surface area contributed by atoms with Crippen molar-refractivity contribution < 1.29 is 4.42 Å². The van der Waals surface area contributed by atoms with E-state index >= 15 is 0 Å². The summed E-state index contributed by atoms with van der Waals surface area (Å²) in [6.45, 7) is 2.04. The lowest BCUT2D eigenvalue weighted by Crippen LogP contribution is -1.87. The van der Waals surface area contributed by atoms with E-state index in [9.17, 15) is 0 Å². The Balaban J connectivity index is 1.61. The Hall–Kier alpha value is -3.73. The van der Waals surface area contributed by atoms with Crippen LogP contribution in [0, 0.1) is 6.92 Å². The summed E-state index contributed by atoms with van der Waals surface area (Å²) in [6.07, 6.45) is 0. The molecule has 5 rings (SSSR count). The number of para-hydroxylation sites is 2. The SMILES string of the molecule is Cc1cccc(-c2nnc(-c3ccccc3-c3nc4ccccc4[nH]3)o2)c1. The van der Waals surface area contributed by atoms with Gasteiger partial charge in [-0.2, -0.15) is 0 Å². The molecule has 0 bridgehead atoms. The second-order valence-electron chi connectivity index (χ2n) is 6.43. The normalized spacial score (nSPS) is 11.1. The number of fused-ring (bicyclic) bond motifs is 1. The van der Waals surface area contributed by atoms with Gasteiger partial charge < -0.3 is 9.40 Å². The maximum atomic E-state index is 5.98. The third kappa shape index (κ3) is 2.79. The number of aryl methyl sites for hydroxylation is 1. The van der Waals surface area contributed by atoms with E-state index in [4.69, 9.17) is 9.40 Å². The predicted octanol–water partition coefficient (Wildman–Crippen LogP) is 5.26. The lowest BCUT2D eigenvalue weighted by Gasteiger charge is -2.03. The van der Waals surface area contributed by atoms with Gasteiger partial charge in [0.15, 0.2) is 0 Å². The van der Waals surface area contributed by atoms with Gasteiger partial charge in [0.05, 0.1) is 11.0 Å². The van der Waals surface area contributed by atoms with Crippen LogP contribution in [0.25, 0.3) is 45.3 Å². The highest BCUT2D eigenvalue weighted by molar-refractivity contribution is 5.83. The molecule has 5 aromatic rings. The monoisotopic (exact) mass is 352 g/mol. The van der Waals surface area contributed by atoms with Crippen LogP contribution in [0.1, 0.15) is 5.56 Å². The minimum Gasteiger partial charge on any atom is -0.416 e. The van der Waals surface area contributed by atoms with E-state index in [2.05, 4.69) is 15.2 Å². The molecule has 5 heteroatoms. The van der Waals surface area contributed by atoms with Gasteiger partial charge in [-0.25, -0.2) is 4.98 Å². The van der Waals surface area contributed by atoms with Crippen molar-refractivity contribution in [2.45, 2.75) is 6.92 Å². The molecule has 0 radical (unpaired) electrons. The van der Waals surface area contributed by atoms with E-state index in [1.807, 2.05) is 79.7 Å². The number of aromatic amines is 1. The maximum absolute atomic E-state index is 5.98. The van der Waals surface area contributed by atoms with E-state index in [0.29, 0.717) is 11.8 Å². The number of aromatic nitrogens is 4. The van der Waals surface area contributed by atoms with Gasteiger partial charge in [0, 0.05) is 16.7 Å². The van der Waals surface area contributed by atoms with Crippen molar-refractivity contribution in [1.29, 1.82) is 0 Å². The lowest BCUT2D eigenvalue weighted by atomic mass is 10.1. The van der Waals surface area contributed by atoms with Crippen molar-refractivity contribution in [2.75, 3.05) is 0 Å². The van der Waals surface area contributed by atoms with Crippen molar-refractivity contribution in [1.82, 2.24) is 20.2 Å². The molecule has 0 atom stereocenters. The van der Waals surface area contributed by atoms with Crippen LogP contribution < -0.4 is 0 Å². The number of hydrogen-bond donors (Lipinski definition) is 1. The van der Waals surface area contributed by atoms with Gasteiger partial charge in [0.1, 0.15) is 5.82 Å². The van der Waals surface area contributed by atoms with Crippen LogP contribution in [-0.4, -0.2) is 20.2 Å². The first-order valence-corrected chi connectivity index (χ1v) is 8.73. The summed E-state index contributed by atoms with van der Waals surface area (Å²) in [7, 11) is 0. The Bertz CT molecular complexity index is 1220. The first kappa shape index (κ1) is 15.5. The highest BCUT2D eigenvalue weighted by atomic mass is 16.4. The average molecular weight is 352 g/mol. The Morgan fingerprint density at radius 2 is 1.56 bits per heavy atom. The molecule has 2 aromatic heterocycles. The Morgan fingerprint density at radius 1 is 0.778 bits per heavy atom. The van der Waals surface area contributed by atoms with Crippen LogP contribution in [0.4, 0.5) is 0 Å². The Labute approximate surface area is 155 Å². The Morgan fingerprint density at radius 3 is 2.41 bits per heavy atom. The molecular formula is C22H16N4O. The summed E-state index contributed by atoms with van der Waals surface area (Å²) in [5, 5.41) is 8.51. The minimum atomic E-state index is 0.475. The smallest absolute Gasteiger partial charge is 0.248 e. The molecule has 130 valence electrons. The molecule has 0 spiro atoms. The van der Waals surface area contributed by atoms with Crippen LogP contribution in [-0.2, 0) is 0 Å². The lowest BCUT2D eigenvalue weighted by molar-refractivity contribution is 0.584. The standard InChI is InChI=1S/C22H16N4O/c1-14-7-6-8-15(13-14)21-25-26-22(27-21)17-10-3-2-9-16(17)20-23-18-11-4-5-12-19(18)24-20/h2-13H,1H3,(H,23,24). The Kier molecular flexibility index (Phi) is 3.57. The number of rotatable bonds is 3. The van der Waals surface area contributed by atoms with Gasteiger partial charge in [-0.3, -0.25) is 0 Å². The average Bonchev–Trinajstić information content (AvgIpc) is 3.35. The molecule has 1 N–H and O–H groups in total. The second kappa shape index (κ2) is 6.21. The first-order chi connectivity index (χ1) is 13.3. The number of nitrogens with one attached hydrogen (secondary N) is 1. The largest absolute Gasteiger partial charge is 0.416 e. The molecule has 0 saturated heterocycles.